The molecule has 1 unspecified atom stereocenters. The summed E-state index contributed by atoms with van der Waals surface area (Å²) in [6.07, 6.45) is 3.89. The molecule has 0 spiro atoms. The second kappa shape index (κ2) is 8.25. The maximum absolute atomic E-state index is 2.63. The van der Waals surface area contributed by atoms with Crippen molar-refractivity contribution in [3.63, 3.8) is 0 Å². The van der Waals surface area contributed by atoms with Gasteiger partial charge in [-0.25, -0.2) is 0 Å². The number of hydrogen-bond acceptors (Lipinski definition) is 2. The van der Waals surface area contributed by atoms with Gasteiger partial charge in [0.05, 0.1) is 6.04 Å². The van der Waals surface area contributed by atoms with Gasteiger partial charge in [0, 0.05) is 17.8 Å². The van der Waals surface area contributed by atoms with E-state index in [0.717, 1.165) is 6.54 Å². The van der Waals surface area contributed by atoms with E-state index in [2.05, 4.69) is 92.3 Å². The van der Waals surface area contributed by atoms with Crippen LogP contribution in [-0.4, -0.2) is 31.1 Å². The van der Waals surface area contributed by atoms with Crippen molar-refractivity contribution in [1.82, 2.24) is 4.90 Å². The molecular formula is C22H31ClN2. The zero-order chi connectivity index (χ0) is 17.2. The molecule has 1 heterocycles. The van der Waals surface area contributed by atoms with E-state index in [0.29, 0.717) is 0 Å². The van der Waals surface area contributed by atoms with E-state index < -0.39 is 0 Å². The fourth-order valence-electron chi connectivity index (χ4n) is 4.07. The van der Waals surface area contributed by atoms with Gasteiger partial charge in [0.25, 0.3) is 0 Å². The quantitative estimate of drug-likeness (QED) is 0.709. The molecule has 0 N–H and O–H groups in total. The van der Waals surface area contributed by atoms with Crippen LogP contribution in [0.25, 0.3) is 0 Å². The van der Waals surface area contributed by atoms with Gasteiger partial charge < -0.3 is 4.90 Å². The van der Waals surface area contributed by atoms with Crippen LogP contribution < -0.4 is 4.90 Å². The zero-order valence-corrected chi connectivity index (χ0v) is 16.7. The number of rotatable bonds is 4. The fourth-order valence-corrected chi connectivity index (χ4v) is 4.07. The van der Waals surface area contributed by atoms with E-state index in [1.165, 1.54) is 36.1 Å². The van der Waals surface area contributed by atoms with E-state index in [-0.39, 0.29) is 24.0 Å². The van der Waals surface area contributed by atoms with Crippen LogP contribution in [0, 0.1) is 0 Å². The summed E-state index contributed by atoms with van der Waals surface area (Å²) in [5.74, 6) is 0. The number of piperidine rings is 1. The number of nitrogens with zero attached hydrogens (tertiary/aromatic N) is 2. The summed E-state index contributed by atoms with van der Waals surface area (Å²) in [7, 11) is 4.35. The van der Waals surface area contributed by atoms with Gasteiger partial charge in [0.2, 0.25) is 0 Å². The third kappa shape index (κ3) is 4.19. The summed E-state index contributed by atoms with van der Waals surface area (Å²) in [4.78, 5) is 4.95. The van der Waals surface area contributed by atoms with Crippen molar-refractivity contribution in [3.8, 4) is 0 Å². The number of benzene rings is 2. The molecule has 0 amide bonds. The van der Waals surface area contributed by atoms with E-state index in [1.54, 1.807) is 0 Å². The lowest BCUT2D eigenvalue weighted by atomic mass is 9.87. The van der Waals surface area contributed by atoms with Crippen molar-refractivity contribution in [2.45, 2.75) is 44.7 Å². The normalized spacial score (nSPS) is 17.9. The van der Waals surface area contributed by atoms with Crippen LogP contribution in [0.2, 0.25) is 0 Å². The van der Waals surface area contributed by atoms with Crippen molar-refractivity contribution < 1.29 is 0 Å². The van der Waals surface area contributed by atoms with Crippen molar-refractivity contribution in [1.29, 1.82) is 0 Å². The standard InChI is InChI=1S/C22H30N2.ClH/c1-22(2)16-10-11-17-24(22)20-15-9-8-14-19(20)21(23(3)4)18-12-6-5-7-13-18;/h5-9,12-15,21H,10-11,16-17H2,1-4H3;1H. The molecule has 0 bridgehead atoms. The van der Waals surface area contributed by atoms with Crippen molar-refractivity contribution in [2.24, 2.45) is 0 Å². The van der Waals surface area contributed by atoms with Gasteiger partial charge in [-0.2, -0.15) is 0 Å². The lowest BCUT2D eigenvalue weighted by molar-refractivity contribution is 0.334. The number of anilines is 1. The van der Waals surface area contributed by atoms with Crippen molar-refractivity contribution in [3.05, 3.63) is 65.7 Å². The van der Waals surface area contributed by atoms with Crippen LogP contribution in [0.3, 0.4) is 0 Å². The highest BCUT2D eigenvalue weighted by Crippen LogP contribution is 2.39. The molecule has 0 saturated carbocycles. The smallest absolute Gasteiger partial charge is 0.0617 e. The Balaban J connectivity index is 0.00000225. The average molecular weight is 359 g/mol. The van der Waals surface area contributed by atoms with Gasteiger partial charge in [-0.05, 0) is 64.4 Å². The number of halogens is 1. The van der Waals surface area contributed by atoms with Gasteiger partial charge >= 0.3 is 0 Å². The summed E-state index contributed by atoms with van der Waals surface area (Å²) in [6.45, 7) is 5.92. The predicted molar refractivity (Wildman–Crippen MR) is 111 cm³/mol. The van der Waals surface area contributed by atoms with E-state index in [4.69, 9.17) is 0 Å². The second-order valence-electron chi connectivity index (χ2n) is 7.76. The number of para-hydroxylation sites is 1. The fraction of sp³-hybridized carbons (Fsp3) is 0.455. The highest BCUT2D eigenvalue weighted by atomic mass is 35.5. The molecule has 1 aliphatic rings. The lowest BCUT2D eigenvalue weighted by Crippen LogP contribution is -2.48. The van der Waals surface area contributed by atoms with Crippen LogP contribution in [0.5, 0.6) is 0 Å². The average Bonchev–Trinajstić information content (AvgIpc) is 2.56. The molecule has 2 nitrogen and oxygen atoms in total. The van der Waals surface area contributed by atoms with Crippen LogP contribution in [-0.2, 0) is 0 Å². The maximum atomic E-state index is 2.63. The second-order valence-corrected chi connectivity index (χ2v) is 7.76. The number of hydrogen-bond donors (Lipinski definition) is 0. The Labute approximate surface area is 159 Å². The molecule has 3 heteroatoms. The molecule has 0 aromatic heterocycles. The molecule has 0 aliphatic carbocycles. The van der Waals surface area contributed by atoms with Gasteiger partial charge in [-0.1, -0.05) is 48.5 Å². The summed E-state index contributed by atoms with van der Waals surface area (Å²) in [6, 6.07) is 20.1. The Kier molecular flexibility index (Phi) is 6.53. The van der Waals surface area contributed by atoms with Crippen LogP contribution in [0.1, 0.15) is 50.3 Å². The largest absolute Gasteiger partial charge is 0.366 e. The Hall–Kier alpha value is -1.51. The van der Waals surface area contributed by atoms with Crippen LogP contribution in [0.15, 0.2) is 54.6 Å². The van der Waals surface area contributed by atoms with Gasteiger partial charge in [0.15, 0.2) is 0 Å². The Bertz CT molecular complexity index is 667. The highest BCUT2D eigenvalue weighted by Gasteiger charge is 2.32. The molecule has 25 heavy (non-hydrogen) atoms. The third-order valence-corrected chi connectivity index (χ3v) is 5.30. The monoisotopic (exact) mass is 358 g/mol. The SMILES string of the molecule is CN(C)C(c1ccccc1)c1ccccc1N1CCCCC1(C)C.Cl. The van der Waals surface area contributed by atoms with E-state index in [1.807, 2.05) is 0 Å². The van der Waals surface area contributed by atoms with Crippen LogP contribution >= 0.6 is 12.4 Å². The summed E-state index contributed by atoms with van der Waals surface area (Å²) < 4.78 is 0. The topological polar surface area (TPSA) is 6.48 Å². The molecule has 1 aliphatic heterocycles. The maximum Gasteiger partial charge on any atom is 0.0617 e. The lowest BCUT2D eigenvalue weighted by Gasteiger charge is -2.46. The molecule has 2 aromatic rings. The minimum atomic E-state index is 0. The summed E-state index contributed by atoms with van der Waals surface area (Å²) in [5, 5.41) is 0. The zero-order valence-electron chi connectivity index (χ0n) is 15.9. The minimum Gasteiger partial charge on any atom is -0.366 e. The first kappa shape index (κ1) is 19.8. The van der Waals surface area contributed by atoms with Crippen molar-refractivity contribution in [2.75, 3.05) is 25.5 Å². The van der Waals surface area contributed by atoms with Crippen LogP contribution in [0.4, 0.5) is 5.69 Å². The van der Waals surface area contributed by atoms with E-state index in [9.17, 15) is 0 Å². The first-order valence-corrected chi connectivity index (χ1v) is 9.09. The Morgan fingerprint density at radius 2 is 1.56 bits per heavy atom. The Morgan fingerprint density at radius 1 is 0.920 bits per heavy atom. The van der Waals surface area contributed by atoms with Gasteiger partial charge in [0.1, 0.15) is 0 Å². The van der Waals surface area contributed by atoms with Gasteiger partial charge in [-0.3, -0.25) is 4.90 Å². The molecule has 1 fully saturated rings. The molecule has 0 radical (unpaired) electrons. The Morgan fingerprint density at radius 3 is 2.20 bits per heavy atom. The molecule has 3 rings (SSSR count). The summed E-state index contributed by atoms with van der Waals surface area (Å²) >= 11 is 0. The van der Waals surface area contributed by atoms with Gasteiger partial charge in [-0.15, -0.1) is 12.4 Å². The molecule has 2 aromatic carbocycles. The third-order valence-electron chi connectivity index (χ3n) is 5.30. The summed E-state index contributed by atoms with van der Waals surface area (Å²) in [5.41, 5.74) is 4.38. The first-order chi connectivity index (χ1) is 11.5. The predicted octanol–water partition coefficient (Wildman–Crippen LogP) is 5.53. The molecule has 1 saturated heterocycles. The van der Waals surface area contributed by atoms with Crippen molar-refractivity contribution >= 4 is 18.1 Å². The highest BCUT2D eigenvalue weighted by molar-refractivity contribution is 5.85. The van der Waals surface area contributed by atoms with E-state index >= 15 is 0 Å². The molecule has 1 atom stereocenters. The molecular weight excluding hydrogens is 328 g/mol. The minimum absolute atomic E-state index is 0. The molecule has 136 valence electrons. The first-order valence-electron chi connectivity index (χ1n) is 9.09.